The Kier molecular flexibility index (Phi) is 2.52. The van der Waals surface area contributed by atoms with Gasteiger partial charge in [0, 0.05) is 19.0 Å². The lowest BCUT2D eigenvalue weighted by molar-refractivity contribution is 0.548. The van der Waals surface area contributed by atoms with Crippen molar-refractivity contribution in [1.29, 1.82) is 0 Å². The molecule has 0 saturated heterocycles. The molecule has 0 radical (unpaired) electrons. The molecule has 0 saturated carbocycles. The molecule has 0 bridgehead atoms. The Morgan fingerprint density at radius 2 is 2.17 bits per heavy atom. The first-order valence-corrected chi connectivity index (χ1v) is 4.95. The summed E-state index contributed by atoms with van der Waals surface area (Å²) in [4.78, 5) is 7.82. The summed E-state index contributed by atoms with van der Waals surface area (Å²) in [6.45, 7) is 8.32. The Bertz CT molecular complexity index is 233. The minimum absolute atomic E-state index is 0.0374. The van der Waals surface area contributed by atoms with Gasteiger partial charge in [-0.2, -0.15) is 0 Å². The maximum Gasteiger partial charge on any atom is 0.164 e. The summed E-state index contributed by atoms with van der Waals surface area (Å²) in [6, 6.07) is 0. The average Bonchev–Trinajstić information content (AvgIpc) is 2.30. The van der Waals surface area contributed by atoms with E-state index in [-0.39, 0.29) is 5.54 Å². The number of amidine groups is 1. The lowest BCUT2D eigenvalue weighted by atomic mass is 10.0. The van der Waals surface area contributed by atoms with E-state index in [1.807, 2.05) is 19.0 Å². The molecule has 1 atom stereocenters. The SMILES string of the molecule is C=C1SC(N(C)C)=NC1(C)CC. The van der Waals surface area contributed by atoms with Crippen LogP contribution < -0.4 is 0 Å². The van der Waals surface area contributed by atoms with E-state index in [1.165, 1.54) is 0 Å². The zero-order valence-corrected chi connectivity index (χ0v) is 9.03. The van der Waals surface area contributed by atoms with Crippen molar-refractivity contribution in [3.8, 4) is 0 Å². The van der Waals surface area contributed by atoms with Crippen molar-refractivity contribution in [1.82, 2.24) is 4.90 Å². The van der Waals surface area contributed by atoms with Crippen LogP contribution in [-0.2, 0) is 0 Å². The maximum atomic E-state index is 4.62. The van der Waals surface area contributed by atoms with Gasteiger partial charge in [0.1, 0.15) is 0 Å². The Morgan fingerprint density at radius 1 is 1.58 bits per heavy atom. The molecule has 0 aromatic carbocycles. The molecule has 0 aromatic heterocycles. The summed E-state index contributed by atoms with van der Waals surface area (Å²) < 4.78 is 0. The smallest absolute Gasteiger partial charge is 0.164 e. The van der Waals surface area contributed by atoms with E-state index in [2.05, 4.69) is 25.4 Å². The summed E-state index contributed by atoms with van der Waals surface area (Å²) >= 11 is 1.69. The molecule has 1 rings (SSSR count). The van der Waals surface area contributed by atoms with E-state index < -0.39 is 0 Å². The van der Waals surface area contributed by atoms with Crippen LogP contribution in [0, 0.1) is 0 Å². The summed E-state index contributed by atoms with van der Waals surface area (Å²) in [5.41, 5.74) is -0.0374. The van der Waals surface area contributed by atoms with Crippen molar-refractivity contribution in [3.63, 3.8) is 0 Å². The van der Waals surface area contributed by atoms with E-state index in [9.17, 15) is 0 Å². The first kappa shape index (κ1) is 9.65. The van der Waals surface area contributed by atoms with Crippen LogP contribution in [0.1, 0.15) is 20.3 Å². The van der Waals surface area contributed by atoms with E-state index in [0.717, 1.165) is 16.5 Å². The number of hydrogen-bond acceptors (Lipinski definition) is 3. The molecule has 12 heavy (non-hydrogen) atoms. The second kappa shape index (κ2) is 3.13. The number of hydrogen-bond donors (Lipinski definition) is 0. The Labute approximate surface area is 78.7 Å². The highest BCUT2D eigenvalue weighted by atomic mass is 32.2. The van der Waals surface area contributed by atoms with E-state index in [4.69, 9.17) is 0 Å². The zero-order chi connectivity index (χ0) is 9.35. The monoisotopic (exact) mass is 184 g/mol. The van der Waals surface area contributed by atoms with Crippen molar-refractivity contribution in [3.05, 3.63) is 11.5 Å². The Hall–Kier alpha value is -0.440. The molecule has 1 aliphatic rings. The Balaban J connectivity index is 2.87. The summed E-state index contributed by atoms with van der Waals surface area (Å²) in [6.07, 6.45) is 1.02. The molecule has 3 heteroatoms. The van der Waals surface area contributed by atoms with E-state index >= 15 is 0 Å². The first-order chi connectivity index (χ1) is 5.49. The third-order valence-corrected chi connectivity index (χ3v) is 3.55. The fourth-order valence-corrected chi connectivity index (χ4v) is 2.04. The van der Waals surface area contributed by atoms with Gasteiger partial charge in [-0.1, -0.05) is 25.3 Å². The molecule has 1 heterocycles. The van der Waals surface area contributed by atoms with Crippen LogP contribution in [-0.4, -0.2) is 29.7 Å². The maximum absolute atomic E-state index is 4.62. The standard InChI is InChI=1S/C9H16N2S/c1-6-9(3)7(2)12-8(10-9)11(4)5/h2,6H2,1,3-5H3. The predicted molar refractivity (Wildman–Crippen MR) is 56.5 cm³/mol. The van der Waals surface area contributed by atoms with Crippen molar-refractivity contribution >= 4 is 16.9 Å². The van der Waals surface area contributed by atoms with Gasteiger partial charge in [-0.15, -0.1) is 0 Å². The van der Waals surface area contributed by atoms with Crippen LogP contribution in [0.4, 0.5) is 0 Å². The second-order valence-corrected chi connectivity index (χ2v) is 4.50. The van der Waals surface area contributed by atoms with Gasteiger partial charge in [0.2, 0.25) is 0 Å². The molecule has 0 spiro atoms. The highest BCUT2D eigenvalue weighted by Crippen LogP contribution is 2.40. The van der Waals surface area contributed by atoms with Crippen LogP contribution in [0.15, 0.2) is 16.5 Å². The van der Waals surface area contributed by atoms with Gasteiger partial charge in [-0.25, -0.2) is 0 Å². The van der Waals surface area contributed by atoms with Gasteiger partial charge in [0.15, 0.2) is 5.17 Å². The molecule has 1 unspecified atom stereocenters. The quantitative estimate of drug-likeness (QED) is 0.621. The zero-order valence-electron chi connectivity index (χ0n) is 8.22. The molecule has 0 N–H and O–H groups in total. The molecule has 0 aliphatic carbocycles. The third-order valence-electron chi connectivity index (χ3n) is 2.23. The predicted octanol–water partition coefficient (Wildman–Crippen LogP) is 2.33. The van der Waals surface area contributed by atoms with Crippen molar-refractivity contribution in [2.24, 2.45) is 4.99 Å². The lowest BCUT2D eigenvalue weighted by Gasteiger charge is -2.17. The summed E-state index contributed by atoms with van der Waals surface area (Å²) in [5.74, 6) is 0. The van der Waals surface area contributed by atoms with Gasteiger partial charge < -0.3 is 4.90 Å². The number of rotatable bonds is 1. The molecule has 2 nitrogen and oxygen atoms in total. The average molecular weight is 184 g/mol. The van der Waals surface area contributed by atoms with Gasteiger partial charge in [-0.05, 0) is 13.3 Å². The van der Waals surface area contributed by atoms with Gasteiger partial charge in [0.05, 0.1) is 5.54 Å². The highest BCUT2D eigenvalue weighted by Gasteiger charge is 2.33. The van der Waals surface area contributed by atoms with E-state index in [1.54, 1.807) is 11.8 Å². The minimum Gasteiger partial charge on any atom is -0.357 e. The molecule has 0 fully saturated rings. The normalized spacial score (nSPS) is 29.0. The largest absolute Gasteiger partial charge is 0.357 e. The topological polar surface area (TPSA) is 15.6 Å². The van der Waals surface area contributed by atoms with E-state index in [0.29, 0.717) is 0 Å². The van der Waals surface area contributed by atoms with Crippen molar-refractivity contribution < 1.29 is 0 Å². The molecule has 0 aromatic rings. The van der Waals surface area contributed by atoms with Crippen LogP contribution in [0.25, 0.3) is 0 Å². The van der Waals surface area contributed by atoms with Gasteiger partial charge >= 0.3 is 0 Å². The van der Waals surface area contributed by atoms with Crippen LogP contribution in [0.5, 0.6) is 0 Å². The molecule has 1 aliphatic heterocycles. The van der Waals surface area contributed by atoms with Crippen LogP contribution in [0.3, 0.4) is 0 Å². The molecule has 68 valence electrons. The Morgan fingerprint density at radius 3 is 2.42 bits per heavy atom. The first-order valence-electron chi connectivity index (χ1n) is 4.14. The number of aliphatic imine (C=N–C) groups is 1. The molecule has 0 amide bonds. The number of thioether (sulfide) groups is 1. The fourth-order valence-electron chi connectivity index (χ4n) is 0.984. The lowest BCUT2D eigenvalue weighted by Crippen LogP contribution is -2.20. The second-order valence-electron chi connectivity index (χ2n) is 3.44. The summed E-state index contributed by atoms with van der Waals surface area (Å²) in [7, 11) is 4.03. The van der Waals surface area contributed by atoms with Gasteiger partial charge in [0.25, 0.3) is 0 Å². The van der Waals surface area contributed by atoms with Crippen molar-refractivity contribution in [2.75, 3.05) is 14.1 Å². The van der Waals surface area contributed by atoms with Gasteiger partial charge in [-0.3, -0.25) is 4.99 Å². The third kappa shape index (κ3) is 1.51. The highest BCUT2D eigenvalue weighted by molar-refractivity contribution is 8.17. The molecular weight excluding hydrogens is 168 g/mol. The van der Waals surface area contributed by atoms with Crippen molar-refractivity contribution in [2.45, 2.75) is 25.8 Å². The summed E-state index contributed by atoms with van der Waals surface area (Å²) in [5, 5.41) is 1.07. The van der Waals surface area contributed by atoms with Crippen LogP contribution >= 0.6 is 11.8 Å². The number of nitrogens with zero attached hydrogens (tertiary/aromatic N) is 2. The minimum atomic E-state index is -0.0374. The fraction of sp³-hybridized carbons (Fsp3) is 0.667. The molecular formula is C9H16N2S. The van der Waals surface area contributed by atoms with Crippen LogP contribution in [0.2, 0.25) is 0 Å².